The molecule has 0 aromatic heterocycles. The molecule has 0 aliphatic carbocycles. The molecule has 0 saturated carbocycles. The summed E-state index contributed by atoms with van der Waals surface area (Å²) in [5, 5.41) is 3.07. The molecule has 1 N–H and O–H groups in total. The quantitative estimate of drug-likeness (QED) is 0.880. The van der Waals surface area contributed by atoms with Crippen molar-refractivity contribution in [3.05, 3.63) is 64.7 Å². The van der Waals surface area contributed by atoms with Crippen LogP contribution >= 0.6 is 0 Å². The maximum atomic E-state index is 12.7. The molecule has 0 spiro atoms. The van der Waals surface area contributed by atoms with Crippen LogP contribution in [0.25, 0.3) is 0 Å². The van der Waals surface area contributed by atoms with E-state index < -0.39 is 5.41 Å². The summed E-state index contributed by atoms with van der Waals surface area (Å²) in [5.74, 6) is 0.0139. The molecule has 0 aliphatic heterocycles. The van der Waals surface area contributed by atoms with Gasteiger partial charge in [-0.05, 0) is 57.4 Å². The highest BCUT2D eigenvalue weighted by atomic mass is 16.2. The van der Waals surface area contributed by atoms with Gasteiger partial charge in [-0.3, -0.25) is 4.79 Å². The van der Waals surface area contributed by atoms with E-state index in [1.807, 2.05) is 64.1 Å². The van der Waals surface area contributed by atoms with Crippen molar-refractivity contribution >= 4 is 11.6 Å². The Morgan fingerprint density at radius 2 is 1.57 bits per heavy atom. The Kier molecular flexibility index (Phi) is 4.17. The van der Waals surface area contributed by atoms with Gasteiger partial charge in [0.15, 0.2) is 0 Å². The number of benzene rings is 2. The molecule has 2 heteroatoms. The lowest BCUT2D eigenvalue weighted by atomic mass is 9.83. The minimum atomic E-state index is -0.566. The van der Waals surface area contributed by atoms with Crippen LogP contribution in [-0.4, -0.2) is 5.91 Å². The van der Waals surface area contributed by atoms with Crippen molar-refractivity contribution < 1.29 is 4.79 Å². The van der Waals surface area contributed by atoms with E-state index in [2.05, 4.69) is 18.3 Å². The fourth-order valence-electron chi connectivity index (χ4n) is 2.27. The summed E-state index contributed by atoms with van der Waals surface area (Å²) in [7, 11) is 0. The molecule has 2 nitrogen and oxygen atoms in total. The molecule has 1 amide bonds. The molecule has 21 heavy (non-hydrogen) atoms. The molecule has 0 fully saturated rings. The van der Waals surface area contributed by atoms with Gasteiger partial charge in [0, 0.05) is 5.69 Å². The molecule has 0 aliphatic rings. The number of nitrogens with one attached hydrogen (secondary N) is 1. The minimum Gasteiger partial charge on any atom is -0.325 e. The number of amides is 1. The Bertz CT molecular complexity index is 654. The summed E-state index contributed by atoms with van der Waals surface area (Å²) in [6, 6.07) is 14.1. The van der Waals surface area contributed by atoms with Gasteiger partial charge in [0.2, 0.25) is 5.91 Å². The first kappa shape index (κ1) is 15.3. The minimum absolute atomic E-state index is 0.0139. The lowest BCUT2D eigenvalue weighted by Crippen LogP contribution is -2.35. The molecule has 0 radical (unpaired) electrons. The maximum Gasteiger partial charge on any atom is 0.234 e. The molecule has 0 unspecified atom stereocenters. The molecule has 2 aromatic rings. The lowest BCUT2D eigenvalue weighted by Gasteiger charge is -2.25. The summed E-state index contributed by atoms with van der Waals surface area (Å²) in [5.41, 5.74) is 4.84. The van der Waals surface area contributed by atoms with Crippen LogP contribution < -0.4 is 5.32 Å². The van der Waals surface area contributed by atoms with Crippen LogP contribution in [0.1, 0.15) is 36.1 Å². The van der Waals surface area contributed by atoms with Gasteiger partial charge in [-0.1, -0.05) is 42.0 Å². The van der Waals surface area contributed by atoms with Gasteiger partial charge in [0.05, 0.1) is 5.41 Å². The average molecular weight is 281 g/mol. The van der Waals surface area contributed by atoms with Crippen LogP contribution in [0.3, 0.4) is 0 Å². The zero-order valence-electron chi connectivity index (χ0n) is 13.4. The highest BCUT2D eigenvalue weighted by molar-refractivity contribution is 5.99. The van der Waals surface area contributed by atoms with Crippen molar-refractivity contribution in [2.75, 3.05) is 5.32 Å². The summed E-state index contributed by atoms with van der Waals surface area (Å²) < 4.78 is 0. The largest absolute Gasteiger partial charge is 0.325 e. The number of aryl methyl sites for hydroxylation is 2. The first-order chi connectivity index (χ1) is 9.82. The van der Waals surface area contributed by atoms with E-state index in [0.717, 1.165) is 16.8 Å². The summed E-state index contributed by atoms with van der Waals surface area (Å²) >= 11 is 0. The number of carbonyl (C=O) groups is 1. The van der Waals surface area contributed by atoms with Crippen molar-refractivity contribution in [1.82, 2.24) is 0 Å². The van der Waals surface area contributed by atoms with E-state index in [-0.39, 0.29) is 5.91 Å². The molecular weight excluding hydrogens is 258 g/mol. The van der Waals surface area contributed by atoms with Crippen LogP contribution in [0, 0.1) is 20.8 Å². The predicted molar refractivity (Wildman–Crippen MR) is 88.8 cm³/mol. The number of carbonyl (C=O) groups excluding carboxylic acids is 1. The third-order valence-corrected chi connectivity index (χ3v) is 4.19. The number of anilines is 1. The smallest absolute Gasteiger partial charge is 0.234 e. The van der Waals surface area contributed by atoms with E-state index in [1.165, 1.54) is 11.1 Å². The molecular formula is C19H23NO. The Morgan fingerprint density at radius 3 is 2.19 bits per heavy atom. The van der Waals surface area contributed by atoms with Crippen LogP contribution in [-0.2, 0) is 10.2 Å². The molecule has 2 aromatic carbocycles. The molecule has 2 rings (SSSR count). The fraction of sp³-hybridized carbons (Fsp3) is 0.316. The van der Waals surface area contributed by atoms with Crippen LogP contribution in [0.2, 0.25) is 0 Å². The van der Waals surface area contributed by atoms with Crippen molar-refractivity contribution in [1.29, 1.82) is 0 Å². The van der Waals surface area contributed by atoms with E-state index in [9.17, 15) is 4.79 Å². The lowest BCUT2D eigenvalue weighted by molar-refractivity contribution is -0.120. The standard InChI is InChI=1S/C19H23NO/c1-13-9-11-16(12-10-13)19(4,5)18(21)20-17-8-6-7-14(2)15(17)3/h6-12H,1-5H3,(H,20,21). The highest BCUT2D eigenvalue weighted by Gasteiger charge is 2.30. The second kappa shape index (κ2) is 5.72. The SMILES string of the molecule is Cc1ccc(C(C)(C)C(=O)Nc2cccc(C)c2C)cc1. The normalized spacial score (nSPS) is 11.3. The number of hydrogen-bond donors (Lipinski definition) is 1. The third kappa shape index (κ3) is 3.15. The topological polar surface area (TPSA) is 29.1 Å². The van der Waals surface area contributed by atoms with Gasteiger partial charge >= 0.3 is 0 Å². The zero-order valence-corrected chi connectivity index (χ0v) is 13.4. The summed E-state index contributed by atoms with van der Waals surface area (Å²) in [6.07, 6.45) is 0. The van der Waals surface area contributed by atoms with E-state index in [0.29, 0.717) is 0 Å². The molecule has 0 bridgehead atoms. The van der Waals surface area contributed by atoms with Gasteiger partial charge in [0.1, 0.15) is 0 Å². The van der Waals surface area contributed by atoms with E-state index in [4.69, 9.17) is 0 Å². The number of hydrogen-bond acceptors (Lipinski definition) is 1. The van der Waals surface area contributed by atoms with Gasteiger partial charge < -0.3 is 5.32 Å². The average Bonchev–Trinajstić information content (AvgIpc) is 2.44. The van der Waals surface area contributed by atoms with Gasteiger partial charge in [-0.2, -0.15) is 0 Å². The summed E-state index contributed by atoms with van der Waals surface area (Å²) in [4.78, 5) is 12.7. The molecule has 0 atom stereocenters. The van der Waals surface area contributed by atoms with E-state index in [1.54, 1.807) is 0 Å². The second-order valence-electron chi connectivity index (χ2n) is 6.19. The first-order valence-corrected chi connectivity index (χ1v) is 7.27. The summed E-state index contributed by atoms with van der Waals surface area (Å²) in [6.45, 7) is 10.0. The van der Waals surface area contributed by atoms with Crippen molar-refractivity contribution in [2.24, 2.45) is 0 Å². The third-order valence-electron chi connectivity index (χ3n) is 4.19. The van der Waals surface area contributed by atoms with Crippen LogP contribution in [0.4, 0.5) is 5.69 Å². The van der Waals surface area contributed by atoms with Crippen molar-refractivity contribution in [3.8, 4) is 0 Å². The first-order valence-electron chi connectivity index (χ1n) is 7.27. The highest BCUT2D eigenvalue weighted by Crippen LogP contribution is 2.27. The molecule has 110 valence electrons. The Hall–Kier alpha value is -2.09. The maximum absolute atomic E-state index is 12.7. The second-order valence-corrected chi connectivity index (χ2v) is 6.19. The van der Waals surface area contributed by atoms with Gasteiger partial charge in [-0.15, -0.1) is 0 Å². The van der Waals surface area contributed by atoms with Crippen molar-refractivity contribution in [2.45, 2.75) is 40.0 Å². The van der Waals surface area contributed by atoms with Crippen molar-refractivity contribution in [3.63, 3.8) is 0 Å². The zero-order chi connectivity index (χ0) is 15.6. The van der Waals surface area contributed by atoms with Gasteiger partial charge in [-0.25, -0.2) is 0 Å². The van der Waals surface area contributed by atoms with Crippen LogP contribution in [0.5, 0.6) is 0 Å². The Labute approximate surface area is 127 Å². The Morgan fingerprint density at radius 1 is 0.952 bits per heavy atom. The number of rotatable bonds is 3. The van der Waals surface area contributed by atoms with Gasteiger partial charge in [0.25, 0.3) is 0 Å². The Balaban J connectivity index is 2.26. The van der Waals surface area contributed by atoms with E-state index >= 15 is 0 Å². The fourth-order valence-corrected chi connectivity index (χ4v) is 2.27. The molecule has 0 heterocycles. The predicted octanol–water partition coefficient (Wildman–Crippen LogP) is 4.53. The molecule has 0 saturated heterocycles. The van der Waals surface area contributed by atoms with Crippen LogP contribution in [0.15, 0.2) is 42.5 Å². The monoisotopic (exact) mass is 281 g/mol.